The van der Waals surface area contributed by atoms with E-state index in [-0.39, 0.29) is 11.8 Å². The fourth-order valence-electron chi connectivity index (χ4n) is 2.15. The Kier molecular flexibility index (Phi) is 4.67. The van der Waals surface area contributed by atoms with Crippen molar-refractivity contribution in [2.24, 2.45) is 0 Å². The van der Waals surface area contributed by atoms with E-state index in [1.165, 1.54) is 0 Å². The van der Waals surface area contributed by atoms with Crippen LogP contribution in [0.5, 0.6) is 0 Å². The van der Waals surface area contributed by atoms with E-state index in [0.29, 0.717) is 22.9 Å². The van der Waals surface area contributed by atoms with Gasteiger partial charge in [0.2, 0.25) is 0 Å². The fourth-order valence-corrected chi connectivity index (χ4v) is 2.56. The Bertz CT molecular complexity index is 707. The Morgan fingerprint density at radius 3 is 2.04 bits per heavy atom. The van der Waals surface area contributed by atoms with Crippen LogP contribution >= 0.6 is 11.8 Å². The lowest BCUT2D eigenvalue weighted by Crippen LogP contribution is -2.25. The molecule has 0 aromatic heterocycles. The summed E-state index contributed by atoms with van der Waals surface area (Å²) in [7, 11) is 0. The fraction of sp³-hybridized carbons (Fsp3) is 0.222. The van der Waals surface area contributed by atoms with E-state index < -0.39 is 0 Å². The van der Waals surface area contributed by atoms with Gasteiger partial charge in [0, 0.05) is 27.8 Å². The lowest BCUT2D eigenvalue weighted by molar-refractivity contribution is 0.0950. The van der Waals surface area contributed by atoms with Crippen LogP contribution in [0.2, 0.25) is 0 Å². The van der Waals surface area contributed by atoms with Crippen LogP contribution in [0.3, 0.4) is 0 Å². The first kappa shape index (κ1) is 15.6. The average molecular weight is 326 g/mol. The van der Waals surface area contributed by atoms with Crippen molar-refractivity contribution in [3.63, 3.8) is 0 Å². The molecular formula is C18H18N2O2S. The second-order valence-electron chi connectivity index (χ2n) is 5.51. The predicted molar refractivity (Wildman–Crippen MR) is 93.1 cm³/mol. The lowest BCUT2D eigenvalue weighted by atomic mass is 10.1. The molecule has 0 aliphatic heterocycles. The van der Waals surface area contributed by atoms with Gasteiger partial charge in [0.25, 0.3) is 11.8 Å². The normalized spacial score (nSPS) is 13.4. The number of rotatable bonds is 5. The number of nitrogens with one attached hydrogen (secondary N) is 2. The highest BCUT2D eigenvalue weighted by molar-refractivity contribution is 7.98. The molecule has 118 valence electrons. The smallest absolute Gasteiger partial charge is 0.255 e. The predicted octanol–water partition coefficient (Wildman–Crippen LogP) is 3.55. The minimum atomic E-state index is -0.159. The highest BCUT2D eigenvalue weighted by Crippen LogP contribution is 2.20. The molecule has 0 saturated heterocycles. The van der Waals surface area contributed by atoms with E-state index in [1.54, 1.807) is 48.2 Å². The summed E-state index contributed by atoms with van der Waals surface area (Å²) in [6.07, 6.45) is 4.13. The first-order chi connectivity index (χ1) is 11.2. The van der Waals surface area contributed by atoms with Gasteiger partial charge in [-0.05, 0) is 67.6 Å². The molecule has 0 heterocycles. The second-order valence-corrected chi connectivity index (χ2v) is 6.39. The molecule has 2 amide bonds. The van der Waals surface area contributed by atoms with Gasteiger partial charge < -0.3 is 10.6 Å². The van der Waals surface area contributed by atoms with E-state index in [9.17, 15) is 9.59 Å². The van der Waals surface area contributed by atoms with E-state index in [2.05, 4.69) is 10.6 Å². The molecule has 1 aliphatic carbocycles. The number of carbonyl (C=O) groups excluding carboxylic acids is 2. The summed E-state index contributed by atoms with van der Waals surface area (Å²) in [5.41, 5.74) is 1.89. The highest BCUT2D eigenvalue weighted by atomic mass is 32.2. The highest BCUT2D eigenvalue weighted by Gasteiger charge is 2.23. The van der Waals surface area contributed by atoms with Crippen LogP contribution in [0.15, 0.2) is 53.4 Å². The summed E-state index contributed by atoms with van der Waals surface area (Å²) in [5, 5.41) is 5.78. The van der Waals surface area contributed by atoms with Crippen LogP contribution in [-0.2, 0) is 0 Å². The molecule has 2 aromatic carbocycles. The third kappa shape index (κ3) is 4.13. The molecule has 1 aliphatic rings. The maximum absolute atomic E-state index is 12.2. The zero-order valence-electron chi connectivity index (χ0n) is 12.8. The zero-order valence-corrected chi connectivity index (χ0v) is 13.7. The van der Waals surface area contributed by atoms with Crippen LogP contribution in [0.25, 0.3) is 0 Å². The number of hydrogen-bond donors (Lipinski definition) is 2. The van der Waals surface area contributed by atoms with Gasteiger partial charge in [0.1, 0.15) is 0 Å². The van der Waals surface area contributed by atoms with Crippen LogP contribution in [-0.4, -0.2) is 24.1 Å². The third-order valence-electron chi connectivity index (χ3n) is 3.67. The molecule has 23 heavy (non-hydrogen) atoms. The largest absolute Gasteiger partial charge is 0.349 e. The van der Waals surface area contributed by atoms with Crippen molar-refractivity contribution in [3.05, 3.63) is 59.7 Å². The molecule has 0 radical (unpaired) electrons. The number of carbonyl (C=O) groups is 2. The molecule has 0 unspecified atom stereocenters. The van der Waals surface area contributed by atoms with Crippen molar-refractivity contribution >= 4 is 29.3 Å². The molecule has 3 rings (SSSR count). The summed E-state index contributed by atoms with van der Waals surface area (Å²) < 4.78 is 0. The van der Waals surface area contributed by atoms with Crippen molar-refractivity contribution in [1.29, 1.82) is 0 Å². The first-order valence-electron chi connectivity index (χ1n) is 7.52. The summed E-state index contributed by atoms with van der Waals surface area (Å²) in [5.74, 6) is -0.217. The van der Waals surface area contributed by atoms with Crippen molar-refractivity contribution in [1.82, 2.24) is 5.32 Å². The Hall–Kier alpha value is -2.27. The molecular weight excluding hydrogens is 308 g/mol. The SMILES string of the molecule is CSc1ccc(C(=O)Nc2ccc(C(=O)NC3CC3)cc2)cc1. The Balaban J connectivity index is 1.62. The molecule has 0 bridgehead atoms. The number of anilines is 1. The Morgan fingerprint density at radius 2 is 1.48 bits per heavy atom. The lowest BCUT2D eigenvalue weighted by Gasteiger charge is -2.07. The molecule has 0 atom stereocenters. The number of amides is 2. The van der Waals surface area contributed by atoms with E-state index in [4.69, 9.17) is 0 Å². The summed E-state index contributed by atoms with van der Waals surface area (Å²) >= 11 is 1.64. The zero-order chi connectivity index (χ0) is 16.2. The second kappa shape index (κ2) is 6.87. The van der Waals surface area contributed by atoms with Crippen molar-refractivity contribution in [3.8, 4) is 0 Å². The molecule has 1 saturated carbocycles. The van der Waals surface area contributed by atoms with Gasteiger partial charge in [-0.2, -0.15) is 0 Å². The molecule has 1 fully saturated rings. The molecule has 2 N–H and O–H groups in total. The van der Waals surface area contributed by atoms with E-state index in [1.807, 2.05) is 18.4 Å². The summed E-state index contributed by atoms with van der Waals surface area (Å²) in [4.78, 5) is 25.2. The minimum Gasteiger partial charge on any atom is -0.349 e. The maximum atomic E-state index is 12.2. The first-order valence-corrected chi connectivity index (χ1v) is 8.74. The number of hydrogen-bond acceptors (Lipinski definition) is 3. The molecule has 4 nitrogen and oxygen atoms in total. The topological polar surface area (TPSA) is 58.2 Å². The van der Waals surface area contributed by atoms with Crippen LogP contribution < -0.4 is 10.6 Å². The van der Waals surface area contributed by atoms with Gasteiger partial charge in [0.15, 0.2) is 0 Å². The van der Waals surface area contributed by atoms with Gasteiger partial charge in [-0.15, -0.1) is 11.8 Å². The standard InChI is InChI=1S/C18H18N2O2S/c1-23-16-10-4-13(5-11-16)18(22)19-14-6-2-12(3-7-14)17(21)20-15-8-9-15/h2-7,10-11,15H,8-9H2,1H3,(H,19,22)(H,20,21). The third-order valence-corrected chi connectivity index (χ3v) is 4.41. The maximum Gasteiger partial charge on any atom is 0.255 e. The van der Waals surface area contributed by atoms with E-state index in [0.717, 1.165) is 17.7 Å². The summed E-state index contributed by atoms with van der Waals surface area (Å²) in [6.45, 7) is 0. The molecule has 2 aromatic rings. The Morgan fingerprint density at radius 1 is 0.913 bits per heavy atom. The molecule has 0 spiro atoms. The summed E-state index contributed by atoms with van der Waals surface area (Å²) in [6, 6.07) is 14.7. The number of thioether (sulfide) groups is 1. The van der Waals surface area contributed by atoms with Gasteiger partial charge in [0.05, 0.1) is 0 Å². The monoisotopic (exact) mass is 326 g/mol. The van der Waals surface area contributed by atoms with E-state index >= 15 is 0 Å². The molecule has 5 heteroatoms. The van der Waals surface area contributed by atoms with Crippen LogP contribution in [0, 0.1) is 0 Å². The average Bonchev–Trinajstić information content (AvgIpc) is 3.39. The Labute approximate surface area is 139 Å². The van der Waals surface area contributed by atoms with Gasteiger partial charge in [-0.1, -0.05) is 0 Å². The van der Waals surface area contributed by atoms with Crippen molar-refractivity contribution in [2.45, 2.75) is 23.8 Å². The van der Waals surface area contributed by atoms with Crippen LogP contribution in [0.4, 0.5) is 5.69 Å². The van der Waals surface area contributed by atoms with Gasteiger partial charge in [-0.25, -0.2) is 0 Å². The van der Waals surface area contributed by atoms with Gasteiger partial charge in [-0.3, -0.25) is 9.59 Å². The van der Waals surface area contributed by atoms with Crippen molar-refractivity contribution in [2.75, 3.05) is 11.6 Å². The van der Waals surface area contributed by atoms with Crippen LogP contribution in [0.1, 0.15) is 33.6 Å². The minimum absolute atomic E-state index is 0.0574. The van der Waals surface area contributed by atoms with Crippen molar-refractivity contribution < 1.29 is 9.59 Å². The quantitative estimate of drug-likeness (QED) is 0.826. The van der Waals surface area contributed by atoms with Gasteiger partial charge >= 0.3 is 0 Å². The number of benzene rings is 2.